The lowest BCUT2D eigenvalue weighted by Gasteiger charge is -2.10. The van der Waals surface area contributed by atoms with Gasteiger partial charge in [0.25, 0.3) is 0 Å². The number of carbonyl (C=O) groups excluding carboxylic acids is 1. The molecule has 0 unspecified atom stereocenters. The lowest BCUT2D eigenvalue weighted by atomic mass is 10.2. The highest BCUT2D eigenvalue weighted by Gasteiger charge is 2.07. The highest BCUT2D eigenvalue weighted by molar-refractivity contribution is 5.88. The van der Waals surface area contributed by atoms with Crippen molar-refractivity contribution in [2.24, 2.45) is 0 Å². The minimum Gasteiger partial charge on any atom is -0.463 e. The predicted molar refractivity (Wildman–Crippen MR) is 68.3 cm³/mol. The van der Waals surface area contributed by atoms with Gasteiger partial charge in [0.15, 0.2) is 0 Å². The fraction of sp³-hybridized carbons (Fsp3) is 0.357. The Balaban J connectivity index is 2.56. The number of hydrogen-bond acceptors (Lipinski definition) is 3. The molecule has 3 heteroatoms. The van der Waals surface area contributed by atoms with Crippen LogP contribution >= 0.6 is 0 Å². The van der Waals surface area contributed by atoms with Crippen LogP contribution in [0.25, 0.3) is 0 Å². The van der Waals surface area contributed by atoms with Gasteiger partial charge < -0.3 is 10.1 Å². The Hall–Kier alpha value is -1.77. The van der Waals surface area contributed by atoms with Crippen LogP contribution in [0.4, 0.5) is 0 Å². The van der Waals surface area contributed by atoms with Crippen LogP contribution in [0.5, 0.6) is 0 Å². The summed E-state index contributed by atoms with van der Waals surface area (Å²) < 4.78 is 4.94. The minimum atomic E-state index is -0.259. The number of ether oxygens (including phenoxy) is 1. The molecule has 0 aliphatic rings. The van der Waals surface area contributed by atoms with Crippen molar-refractivity contribution < 1.29 is 9.53 Å². The summed E-state index contributed by atoms with van der Waals surface area (Å²) in [5.74, 6) is -0.259. The zero-order valence-corrected chi connectivity index (χ0v) is 10.6. The maximum absolute atomic E-state index is 11.5. The Morgan fingerprint density at radius 1 is 1.24 bits per heavy atom. The SMILES string of the molecule is CCOC(=O)C(C)=C(C)NCc1ccccc1. The topological polar surface area (TPSA) is 38.3 Å². The van der Waals surface area contributed by atoms with E-state index in [1.807, 2.05) is 37.3 Å². The van der Waals surface area contributed by atoms with E-state index in [0.29, 0.717) is 18.7 Å². The molecule has 0 saturated heterocycles. The van der Waals surface area contributed by atoms with Gasteiger partial charge >= 0.3 is 5.97 Å². The first-order valence-corrected chi connectivity index (χ1v) is 5.77. The van der Waals surface area contributed by atoms with Crippen LogP contribution in [0.2, 0.25) is 0 Å². The molecule has 92 valence electrons. The number of allylic oxidation sites excluding steroid dienone is 1. The first-order valence-electron chi connectivity index (χ1n) is 5.77. The molecule has 0 heterocycles. The van der Waals surface area contributed by atoms with Crippen LogP contribution in [0.3, 0.4) is 0 Å². The summed E-state index contributed by atoms with van der Waals surface area (Å²) in [7, 11) is 0. The molecule has 0 fully saturated rings. The van der Waals surface area contributed by atoms with Gasteiger partial charge in [0.05, 0.1) is 12.2 Å². The smallest absolute Gasteiger partial charge is 0.335 e. The van der Waals surface area contributed by atoms with Crippen LogP contribution in [0.1, 0.15) is 26.3 Å². The Morgan fingerprint density at radius 2 is 1.88 bits per heavy atom. The number of benzene rings is 1. The molecule has 1 rings (SSSR count). The van der Waals surface area contributed by atoms with Crippen LogP contribution in [0.15, 0.2) is 41.6 Å². The standard InChI is InChI=1S/C14H19NO2/c1-4-17-14(16)11(2)12(3)15-10-13-8-6-5-7-9-13/h5-9,15H,4,10H2,1-3H3. The molecule has 3 nitrogen and oxygen atoms in total. The van der Waals surface area contributed by atoms with Gasteiger partial charge in [-0.2, -0.15) is 0 Å². The number of rotatable bonds is 5. The van der Waals surface area contributed by atoms with Crippen molar-refractivity contribution in [2.75, 3.05) is 6.61 Å². The zero-order valence-electron chi connectivity index (χ0n) is 10.6. The second-order valence-electron chi connectivity index (χ2n) is 3.81. The largest absolute Gasteiger partial charge is 0.463 e. The Labute approximate surface area is 102 Å². The highest BCUT2D eigenvalue weighted by Crippen LogP contribution is 2.05. The van der Waals surface area contributed by atoms with Crippen molar-refractivity contribution in [3.8, 4) is 0 Å². The van der Waals surface area contributed by atoms with Crippen LogP contribution in [-0.4, -0.2) is 12.6 Å². The molecule has 17 heavy (non-hydrogen) atoms. The quantitative estimate of drug-likeness (QED) is 0.627. The van der Waals surface area contributed by atoms with Gasteiger partial charge in [0.2, 0.25) is 0 Å². The molecule has 0 amide bonds. The first kappa shape index (κ1) is 13.3. The van der Waals surface area contributed by atoms with Crippen molar-refractivity contribution in [1.29, 1.82) is 0 Å². The van der Waals surface area contributed by atoms with Gasteiger partial charge in [-0.1, -0.05) is 30.3 Å². The van der Waals surface area contributed by atoms with E-state index in [9.17, 15) is 4.79 Å². The second-order valence-corrected chi connectivity index (χ2v) is 3.81. The van der Waals surface area contributed by atoms with Gasteiger partial charge in [0.1, 0.15) is 0 Å². The van der Waals surface area contributed by atoms with E-state index in [1.165, 1.54) is 5.56 Å². The average molecular weight is 233 g/mol. The molecular formula is C14H19NO2. The molecule has 0 aromatic heterocycles. The molecule has 0 bridgehead atoms. The second kappa shape index (κ2) is 6.74. The summed E-state index contributed by atoms with van der Waals surface area (Å²) in [4.78, 5) is 11.5. The van der Waals surface area contributed by atoms with Crippen molar-refractivity contribution in [3.05, 3.63) is 47.2 Å². The van der Waals surface area contributed by atoms with Gasteiger partial charge in [-0.25, -0.2) is 4.79 Å². The van der Waals surface area contributed by atoms with Gasteiger partial charge in [-0.05, 0) is 26.3 Å². The molecule has 1 aromatic carbocycles. The molecule has 0 saturated carbocycles. The third kappa shape index (κ3) is 4.31. The fourth-order valence-corrected chi connectivity index (χ4v) is 1.36. The maximum Gasteiger partial charge on any atom is 0.335 e. The van der Waals surface area contributed by atoms with E-state index < -0.39 is 0 Å². The summed E-state index contributed by atoms with van der Waals surface area (Å²) in [6.45, 7) is 6.57. The van der Waals surface area contributed by atoms with Crippen LogP contribution < -0.4 is 5.32 Å². The number of nitrogens with one attached hydrogen (secondary N) is 1. The summed E-state index contributed by atoms with van der Waals surface area (Å²) in [6, 6.07) is 10.1. The third-order valence-electron chi connectivity index (χ3n) is 2.54. The molecule has 0 aliphatic heterocycles. The summed E-state index contributed by atoms with van der Waals surface area (Å²) in [5, 5.41) is 3.22. The summed E-state index contributed by atoms with van der Waals surface area (Å²) in [5.41, 5.74) is 2.67. The lowest BCUT2D eigenvalue weighted by molar-refractivity contribution is -0.138. The van der Waals surface area contributed by atoms with Crippen molar-refractivity contribution in [2.45, 2.75) is 27.3 Å². The van der Waals surface area contributed by atoms with E-state index in [0.717, 1.165) is 5.70 Å². The van der Waals surface area contributed by atoms with E-state index in [4.69, 9.17) is 4.74 Å². The van der Waals surface area contributed by atoms with Gasteiger partial charge in [0, 0.05) is 12.2 Å². The zero-order chi connectivity index (χ0) is 12.7. The van der Waals surface area contributed by atoms with Crippen LogP contribution in [-0.2, 0) is 16.1 Å². The maximum atomic E-state index is 11.5. The van der Waals surface area contributed by atoms with E-state index in [1.54, 1.807) is 13.8 Å². The highest BCUT2D eigenvalue weighted by atomic mass is 16.5. The van der Waals surface area contributed by atoms with Crippen molar-refractivity contribution >= 4 is 5.97 Å². The third-order valence-corrected chi connectivity index (χ3v) is 2.54. The normalized spacial score (nSPS) is 11.7. The molecular weight excluding hydrogens is 214 g/mol. The number of hydrogen-bond donors (Lipinski definition) is 1. The average Bonchev–Trinajstić information content (AvgIpc) is 2.36. The van der Waals surface area contributed by atoms with E-state index >= 15 is 0 Å². The van der Waals surface area contributed by atoms with E-state index in [2.05, 4.69) is 5.32 Å². The van der Waals surface area contributed by atoms with Gasteiger partial charge in [-0.15, -0.1) is 0 Å². The Morgan fingerprint density at radius 3 is 2.47 bits per heavy atom. The van der Waals surface area contributed by atoms with Crippen LogP contribution in [0, 0.1) is 0 Å². The van der Waals surface area contributed by atoms with Crippen molar-refractivity contribution in [1.82, 2.24) is 5.32 Å². The van der Waals surface area contributed by atoms with Gasteiger partial charge in [-0.3, -0.25) is 0 Å². The first-order chi connectivity index (χ1) is 8.15. The Kier molecular flexibility index (Phi) is 5.27. The van der Waals surface area contributed by atoms with Crippen molar-refractivity contribution in [3.63, 3.8) is 0 Å². The lowest BCUT2D eigenvalue weighted by Crippen LogP contribution is -2.16. The molecule has 0 aliphatic carbocycles. The molecule has 1 N–H and O–H groups in total. The monoisotopic (exact) mass is 233 g/mol. The summed E-state index contributed by atoms with van der Waals surface area (Å²) >= 11 is 0. The number of carbonyl (C=O) groups is 1. The molecule has 1 aromatic rings. The van der Waals surface area contributed by atoms with E-state index in [-0.39, 0.29) is 5.97 Å². The predicted octanol–water partition coefficient (Wildman–Crippen LogP) is 2.63. The minimum absolute atomic E-state index is 0.259. The molecule has 0 spiro atoms. The summed E-state index contributed by atoms with van der Waals surface area (Å²) in [6.07, 6.45) is 0. The number of esters is 1. The molecule has 0 atom stereocenters. The Bertz CT molecular complexity index is 396. The molecule has 0 radical (unpaired) electrons. The fourth-order valence-electron chi connectivity index (χ4n) is 1.36.